The van der Waals surface area contributed by atoms with Gasteiger partial charge in [0.15, 0.2) is 0 Å². The maximum absolute atomic E-state index is 4.99. The first kappa shape index (κ1) is 10.5. The third-order valence-electron chi connectivity index (χ3n) is 1.78. The lowest BCUT2D eigenvalue weighted by atomic mass is 10.1. The van der Waals surface area contributed by atoms with Crippen molar-refractivity contribution in [1.29, 1.82) is 0 Å². The lowest BCUT2D eigenvalue weighted by Crippen LogP contribution is -2.41. The van der Waals surface area contributed by atoms with E-state index in [-0.39, 0.29) is 0 Å². The maximum Gasteiger partial charge on any atom is 0.322 e. The average Bonchev–Trinajstić information content (AvgIpc) is 1.80. The van der Waals surface area contributed by atoms with Crippen LogP contribution in [-0.2, 0) is 4.74 Å². The molecule has 0 aliphatic heterocycles. The average molecular weight is 159 g/mol. The summed E-state index contributed by atoms with van der Waals surface area (Å²) < 4.78 is 7.40. The summed E-state index contributed by atoms with van der Waals surface area (Å²) in [6, 6.07) is 0. The zero-order valence-corrected chi connectivity index (χ0v) is 9.77. The smallest absolute Gasteiger partial charge is 0.322 e. The molecule has 0 bridgehead atoms. The van der Waals surface area contributed by atoms with Crippen LogP contribution in [0.3, 0.4) is 0 Å². The number of hydrogen-bond donors (Lipinski definition) is 0. The summed E-state index contributed by atoms with van der Waals surface area (Å²) in [5.74, 6) is 0. The summed E-state index contributed by atoms with van der Waals surface area (Å²) in [6.45, 7) is 8.61. The van der Waals surface area contributed by atoms with Crippen molar-refractivity contribution < 1.29 is 4.74 Å². The molecule has 0 rings (SSSR count). The third-order valence-corrected chi connectivity index (χ3v) is 3.56. The van der Waals surface area contributed by atoms with E-state index in [1.54, 1.807) is 7.11 Å². The van der Waals surface area contributed by atoms with Crippen LogP contribution in [0.5, 0.6) is 0 Å². The van der Waals surface area contributed by atoms with Crippen molar-refractivity contribution in [2.75, 3.05) is 20.3 Å². The fourth-order valence-electron chi connectivity index (χ4n) is 0.564. The molecule has 0 aromatic rings. The molecular formula is C7H18AlNO. The third kappa shape index (κ3) is 4.30. The van der Waals surface area contributed by atoms with Crippen molar-refractivity contribution in [3.8, 4) is 0 Å². The Kier molecular flexibility index (Phi) is 4.55. The predicted octanol–water partition coefficient (Wildman–Crippen LogP) is 0.281. The van der Waals surface area contributed by atoms with Gasteiger partial charge in [0.1, 0.15) is 0 Å². The van der Waals surface area contributed by atoms with Crippen LogP contribution in [0.1, 0.15) is 20.8 Å². The summed E-state index contributed by atoms with van der Waals surface area (Å²) in [5.41, 5.74) is 0.324. The predicted molar refractivity (Wildman–Crippen MR) is 46.9 cm³/mol. The lowest BCUT2D eigenvalue weighted by molar-refractivity contribution is 0.150. The highest BCUT2D eigenvalue weighted by molar-refractivity contribution is 6.04. The molecule has 0 aliphatic rings. The number of rotatable bonds is 3. The molecule has 0 aliphatic carbocycles. The fraction of sp³-hybridized carbons (Fsp3) is 1.00. The van der Waals surface area contributed by atoms with E-state index in [9.17, 15) is 0 Å². The standard InChI is InChI=1S/C7H16NO.Al.2H/c1-7(2,3)8-5-6-9-4;;;/h5-6H2,1-4H3;;;/q-1;+1;;. The minimum atomic E-state index is 0.324. The van der Waals surface area contributed by atoms with Crippen molar-refractivity contribution in [2.45, 2.75) is 26.3 Å². The molecule has 0 saturated carbocycles. The number of hydrogen-bond acceptors (Lipinski definition) is 2. The Hall–Kier alpha value is 0.452. The summed E-state index contributed by atoms with van der Waals surface area (Å²) >= 11 is 1.12. The largest absolute Gasteiger partial charge is 0.384 e. The summed E-state index contributed by atoms with van der Waals surface area (Å²) in [4.78, 5) is 0. The molecule has 0 aromatic carbocycles. The first-order chi connectivity index (χ1) is 4.48. The van der Waals surface area contributed by atoms with E-state index in [4.69, 9.17) is 4.74 Å². The Bertz CT molecular complexity index is 90.1. The van der Waals surface area contributed by atoms with Crippen molar-refractivity contribution >= 4 is 16.5 Å². The minimum absolute atomic E-state index is 0.324. The van der Waals surface area contributed by atoms with Crippen molar-refractivity contribution in [1.82, 2.24) is 3.88 Å². The number of ether oxygens (including phenoxy) is 1. The van der Waals surface area contributed by atoms with E-state index in [0.29, 0.717) is 5.54 Å². The minimum Gasteiger partial charge on any atom is -0.384 e. The molecule has 0 radical (unpaired) electrons. The number of nitrogens with zero attached hydrogens (tertiary/aromatic N) is 1. The molecule has 60 valence electrons. The topological polar surface area (TPSA) is 12.5 Å². The SMILES string of the molecule is COCC[N]([AlH2])C(C)(C)C. The van der Waals surface area contributed by atoms with Gasteiger partial charge in [0.2, 0.25) is 0 Å². The van der Waals surface area contributed by atoms with Crippen LogP contribution >= 0.6 is 0 Å². The van der Waals surface area contributed by atoms with Crippen LogP contribution in [-0.4, -0.2) is 46.2 Å². The van der Waals surface area contributed by atoms with Crippen molar-refractivity contribution in [3.05, 3.63) is 0 Å². The van der Waals surface area contributed by atoms with Gasteiger partial charge in [-0.25, -0.2) is 0 Å². The van der Waals surface area contributed by atoms with E-state index in [2.05, 4.69) is 24.7 Å². The van der Waals surface area contributed by atoms with Gasteiger partial charge in [-0.1, -0.05) is 0 Å². The monoisotopic (exact) mass is 159 g/mol. The molecule has 0 aromatic heterocycles. The van der Waals surface area contributed by atoms with Crippen LogP contribution in [0.2, 0.25) is 0 Å². The van der Waals surface area contributed by atoms with Gasteiger partial charge in [-0.05, 0) is 26.3 Å². The molecule has 0 atom stereocenters. The summed E-state index contributed by atoms with van der Waals surface area (Å²) in [5, 5.41) is 0. The van der Waals surface area contributed by atoms with Crippen LogP contribution < -0.4 is 0 Å². The Balaban J connectivity index is 3.52. The Labute approximate surface area is 72.2 Å². The Morgan fingerprint density at radius 2 is 1.90 bits per heavy atom. The maximum atomic E-state index is 4.99. The summed E-state index contributed by atoms with van der Waals surface area (Å²) in [6.07, 6.45) is 0. The van der Waals surface area contributed by atoms with E-state index in [1.807, 2.05) is 0 Å². The van der Waals surface area contributed by atoms with Crippen molar-refractivity contribution in [2.24, 2.45) is 0 Å². The van der Waals surface area contributed by atoms with Gasteiger partial charge in [0.05, 0.1) is 6.61 Å². The zero-order valence-electron chi connectivity index (χ0n) is 7.77. The first-order valence-corrected chi connectivity index (χ1v) is 4.58. The Morgan fingerprint density at radius 1 is 1.40 bits per heavy atom. The second-order valence-electron chi connectivity index (χ2n) is 3.59. The van der Waals surface area contributed by atoms with E-state index in [0.717, 1.165) is 29.7 Å². The molecule has 3 heteroatoms. The van der Waals surface area contributed by atoms with Gasteiger partial charge in [0.25, 0.3) is 0 Å². The summed E-state index contributed by atoms with van der Waals surface area (Å²) in [7, 11) is 1.75. The molecule has 0 saturated heterocycles. The van der Waals surface area contributed by atoms with Crippen LogP contribution in [0.15, 0.2) is 0 Å². The van der Waals surface area contributed by atoms with Gasteiger partial charge < -0.3 is 8.62 Å². The molecule has 2 nitrogen and oxygen atoms in total. The highest BCUT2D eigenvalue weighted by Gasteiger charge is 2.14. The molecule has 0 spiro atoms. The van der Waals surface area contributed by atoms with Crippen LogP contribution in [0, 0.1) is 0 Å². The van der Waals surface area contributed by atoms with Crippen molar-refractivity contribution in [3.63, 3.8) is 0 Å². The second kappa shape index (κ2) is 4.36. The highest BCUT2D eigenvalue weighted by atomic mass is 27.1. The fourth-order valence-corrected chi connectivity index (χ4v) is 0.746. The molecular weight excluding hydrogens is 141 g/mol. The zero-order chi connectivity index (χ0) is 8.20. The first-order valence-electron chi connectivity index (χ1n) is 3.68. The van der Waals surface area contributed by atoms with Gasteiger partial charge in [-0.3, -0.25) is 0 Å². The Morgan fingerprint density at radius 3 is 2.20 bits per heavy atom. The normalized spacial score (nSPS) is 12.5. The van der Waals surface area contributed by atoms with E-state index in [1.165, 1.54) is 0 Å². The van der Waals surface area contributed by atoms with Gasteiger partial charge in [-0.15, -0.1) is 0 Å². The molecule has 0 unspecified atom stereocenters. The molecule has 0 amide bonds. The molecule has 10 heavy (non-hydrogen) atoms. The second-order valence-corrected chi connectivity index (χ2v) is 4.66. The lowest BCUT2D eigenvalue weighted by Gasteiger charge is -2.33. The van der Waals surface area contributed by atoms with Gasteiger partial charge in [-0.2, -0.15) is 0 Å². The number of methoxy groups -OCH3 is 1. The van der Waals surface area contributed by atoms with Gasteiger partial charge in [0, 0.05) is 13.7 Å². The van der Waals surface area contributed by atoms with E-state index >= 15 is 0 Å². The molecule has 0 heterocycles. The van der Waals surface area contributed by atoms with E-state index < -0.39 is 0 Å². The highest BCUT2D eigenvalue weighted by Crippen LogP contribution is 2.08. The molecule has 0 N–H and O–H groups in total. The van der Waals surface area contributed by atoms with Crippen LogP contribution in [0.4, 0.5) is 0 Å². The van der Waals surface area contributed by atoms with Crippen LogP contribution in [0.25, 0.3) is 0 Å². The molecule has 0 fully saturated rings. The quantitative estimate of drug-likeness (QED) is 0.548. The van der Waals surface area contributed by atoms with Gasteiger partial charge >= 0.3 is 16.5 Å².